The van der Waals surface area contributed by atoms with Crippen molar-refractivity contribution in [1.29, 1.82) is 0 Å². The molecule has 19 heavy (non-hydrogen) atoms. The highest BCUT2D eigenvalue weighted by molar-refractivity contribution is 5.27. The largest absolute Gasteiger partial charge is 0.314 e. The van der Waals surface area contributed by atoms with E-state index in [0.29, 0.717) is 0 Å². The second kappa shape index (κ2) is 7.66. The van der Waals surface area contributed by atoms with Crippen LogP contribution in [0.3, 0.4) is 0 Å². The Morgan fingerprint density at radius 2 is 1.89 bits per heavy atom. The van der Waals surface area contributed by atoms with Crippen molar-refractivity contribution < 1.29 is 0 Å². The standard InChI is InChI=1S/C17H28N2/c1-3-13-19(4-2)14-16-8-6-5-7-15(16)11-12-18-17-9-10-17/h5-8,17-18H,3-4,9-14H2,1-2H3. The van der Waals surface area contributed by atoms with Crippen molar-refractivity contribution in [3.8, 4) is 0 Å². The fourth-order valence-electron chi connectivity index (χ4n) is 2.56. The van der Waals surface area contributed by atoms with Crippen molar-refractivity contribution in [2.45, 2.75) is 52.1 Å². The zero-order valence-corrected chi connectivity index (χ0v) is 12.5. The van der Waals surface area contributed by atoms with Gasteiger partial charge in [-0.15, -0.1) is 0 Å². The lowest BCUT2D eigenvalue weighted by Crippen LogP contribution is -2.25. The zero-order chi connectivity index (χ0) is 13.5. The first-order valence-electron chi connectivity index (χ1n) is 7.86. The van der Waals surface area contributed by atoms with Crippen LogP contribution >= 0.6 is 0 Å². The molecule has 0 spiro atoms. The molecule has 1 saturated carbocycles. The van der Waals surface area contributed by atoms with E-state index in [9.17, 15) is 0 Å². The summed E-state index contributed by atoms with van der Waals surface area (Å²) in [5.41, 5.74) is 3.03. The molecule has 106 valence electrons. The SMILES string of the molecule is CCCN(CC)Cc1ccccc1CCNC1CC1. The summed E-state index contributed by atoms with van der Waals surface area (Å²) in [6.07, 6.45) is 5.15. The van der Waals surface area contributed by atoms with E-state index in [0.717, 1.165) is 32.1 Å². The molecule has 1 aromatic carbocycles. The highest BCUT2D eigenvalue weighted by Gasteiger charge is 2.19. The molecular formula is C17H28N2. The van der Waals surface area contributed by atoms with Gasteiger partial charge < -0.3 is 5.32 Å². The summed E-state index contributed by atoms with van der Waals surface area (Å²) in [7, 11) is 0. The highest BCUT2D eigenvalue weighted by Crippen LogP contribution is 2.19. The summed E-state index contributed by atoms with van der Waals surface area (Å²) >= 11 is 0. The van der Waals surface area contributed by atoms with Gasteiger partial charge in [-0.1, -0.05) is 38.1 Å². The smallest absolute Gasteiger partial charge is 0.0236 e. The summed E-state index contributed by atoms with van der Waals surface area (Å²) in [6, 6.07) is 9.76. The lowest BCUT2D eigenvalue weighted by Gasteiger charge is -2.21. The first kappa shape index (κ1) is 14.5. The molecule has 0 atom stereocenters. The number of benzene rings is 1. The van der Waals surface area contributed by atoms with E-state index < -0.39 is 0 Å². The van der Waals surface area contributed by atoms with E-state index >= 15 is 0 Å². The number of nitrogens with zero attached hydrogens (tertiary/aromatic N) is 1. The summed E-state index contributed by atoms with van der Waals surface area (Å²) in [5, 5.41) is 3.61. The minimum absolute atomic E-state index is 0.819. The highest BCUT2D eigenvalue weighted by atomic mass is 15.1. The lowest BCUT2D eigenvalue weighted by molar-refractivity contribution is 0.280. The van der Waals surface area contributed by atoms with Crippen molar-refractivity contribution in [3.63, 3.8) is 0 Å². The maximum Gasteiger partial charge on any atom is 0.0236 e. The van der Waals surface area contributed by atoms with E-state index in [4.69, 9.17) is 0 Å². The third-order valence-electron chi connectivity index (χ3n) is 3.90. The molecule has 1 aliphatic carbocycles. The number of rotatable bonds is 9. The summed E-state index contributed by atoms with van der Waals surface area (Å²) < 4.78 is 0. The molecule has 2 nitrogen and oxygen atoms in total. The molecule has 0 saturated heterocycles. The normalized spacial score (nSPS) is 15.1. The molecule has 1 aromatic rings. The predicted molar refractivity (Wildman–Crippen MR) is 82.4 cm³/mol. The molecule has 0 radical (unpaired) electrons. The molecular weight excluding hydrogens is 232 g/mol. The lowest BCUT2D eigenvalue weighted by atomic mass is 10.0. The van der Waals surface area contributed by atoms with Gasteiger partial charge in [0.1, 0.15) is 0 Å². The molecule has 0 heterocycles. The average molecular weight is 260 g/mol. The van der Waals surface area contributed by atoms with E-state index in [1.165, 1.54) is 36.9 Å². The van der Waals surface area contributed by atoms with Gasteiger partial charge in [0.05, 0.1) is 0 Å². The van der Waals surface area contributed by atoms with Crippen LogP contribution in [0.25, 0.3) is 0 Å². The van der Waals surface area contributed by atoms with Gasteiger partial charge in [-0.3, -0.25) is 4.90 Å². The molecule has 0 aromatic heterocycles. The van der Waals surface area contributed by atoms with Crippen LogP contribution in [0.15, 0.2) is 24.3 Å². The van der Waals surface area contributed by atoms with Crippen molar-refractivity contribution in [2.24, 2.45) is 0 Å². The van der Waals surface area contributed by atoms with Crippen LogP contribution in [-0.4, -0.2) is 30.6 Å². The molecule has 2 heteroatoms. The minimum atomic E-state index is 0.819. The third kappa shape index (κ3) is 4.96. The van der Waals surface area contributed by atoms with Crippen LogP contribution in [0.1, 0.15) is 44.2 Å². The van der Waals surface area contributed by atoms with Gasteiger partial charge in [0.25, 0.3) is 0 Å². The molecule has 1 fully saturated rings. The maximum absolute atomic E-state index is 3.61. The van der Waals surface area contributed by atoms with Crippen LogP contribution in [-0.2, 0) is 13.0 Å². The number of hydrogen-bond acceptors (Lipinski definition) is 2. The Bertz CT molecular complexity index is 371. The van der Waals surface area contributed by atoms with Gasteiger partial charge in [0.2, 0.25) is 0 Å². The average Bonchev–Trinajstić information content (AvgIpc) is 3.24. The summed E-state index contributed by atoms with van der Waals surface area (Å²) in [4.78, 5) is 2.53. The maximum atomic E-state index is 3.61. The van der Waals surface area contributed by atoms with E-state index in [1.54, 1.807) is 0 Å². The monoisotopic (exact) mass is 260 g/mol. The molecule has 1 N–H and O–H groups in total. The Hall–Kier alpha value is -0.860. The molecule has 0 unspecified atom stereocenters. The molecule has 0 amide bonds. The van der Waals surface area contributed by atoms with Gasteiger partial charge in [-0.05, 0) is 56.4 Å². The summed E-state index contributed by atoms with van der Waals surface area (Å²) in [6.45, 7) is 9.08. The van der Waals surface area contributed by atoms with Gasteiger partial charge in [0, 0.05) is 12.6 Å². The Balaban J connectivity index is 1.89. The van der Waals surface area contributed by atoms with Gasteiger partial charge >= 0.3 is 0 Å². The Morgan fingerprint density at radius 1 is 1.16 bits per heavy atom. The van der Waals surface area contributed by atoms with Gasteiger partial charge in [-0.25, -0.2) is 0 Å². The fraction of sp³-hybridized carbons (Fsp3) is 0.647. The van der Waals surface area contributed by atoms with Crippen LogP contribution in [0.2, 0.25) is 0 Å². The number of nitrogens with one attached hydrogen (secondary N) is 1. The van der Waals surface area contributed by atoms with Crippen molar-refractivity contribution in [2.75, 3.05) is 19.6 Å². The van der Waals surface area contributed by atoms with E-state index in [1.807, 2.05) is 0 Å². The Morgan fingerprint density at radius 3 is 2.53 bits per heavy atom. The molecule has 1 aliphatic rings. The second-order valence-corrected chi connectivity index (χ2v) is 5.62. The van der Waals surface area contributed by atoms with Crippen LogP contribution < -0.4 is 5.32 Å². The molecule has 2 rings (SSSR count). The van der Waals surface area contributed by atoms with Gasteiger partial charge in [-0.2, -0.15) is 0 Å². The van der Waals surface area contributed by atoms with Gasteiger partial charge in [0.15, 0.2) is 0 Å². The second-order valence-electron chi connectivity index (χ2n) is 5.62. The van der Waals surface area contributed by atoms with Crippen LogP contribution in [0.5, 0.6) is 0 Å². The van der Waals surface area contributed by atoms with Crippen LogP contribution in [0, 0.1) is 0 Å². The fourth-order valence-corrected chi connectivity index (χ4v) is 2.56. The Labute approximate surface area is 118 Å². The third-order valence-corrected chi connectivity index (χ3v) is 3.90. The first-order chi connectivity index (χ1) is 9.33. The van der Waals surface area contributed by atoms with E-state index in [2.05, 4.69) is 48.3 Å². The Kier molecular flexibility index (Phi) is 5.87. The number of hydrogen-bond donors (Lipinski definition) is 1. The van der Waals surface area contributed by atoms with E-state index in [-0.39, 0.29) is 0 Å². The molecule has 0 aliphatic heterocycles. The summed E-state index contributed by atoms with van der Waals surface area (Å²) in [5.74, 6) is 0. The molecule has 0 bridgehead atoms. The van der Waals surface area contributed by atoms with Crippen LogP contribution in [0.4, 0.5) is 0 Å². The zero-order valence-electron chi connectivity index (χ0n) is 12.5. The van der Waals surface area contributed by atoms with Crippen molar-refractivity contribution in [3.05, 3.63) is 35.4 Å². The van der Waals surface area contributed by atoms with Crippen molar-refractivity contribution >= 4 is 0 Å². The predicted octanol–water partition coefficient (Wildman–Crippen LogP) is 3.21. The van der Waals surface area contributed by atoms with Crippen molar-refractivity contribution in [1.82, 2.24) is 10.2 Å². The minimum Gasteiger partial charge on any atom is -0.314 e. The topological polar surface area (TPSA) is 15.3 Å². The quantitative estimate of drug-likeness (QED) is 0.733. The first-order valence-corrected chi connectivity index (χ1v) is 7.86.